The minimum absolute atomic E-state index is 0.269. The summed E-state index contributed by atoms with van der Waals surface area (Å²) in [5, 5.41) is 0. The fraction of sp³-hybridized carbons (Fsp3) is 0.381. The molecular formula is C21H23NO2. The SMILES string of the molecule is O=C(C1CC1)N1CCOC(c2ccccc2)(c2ccccc2)CC1. The number of carbonyl (C=O) groups excluding carboxylic acids is 1. The van der Waals surface area contributed by atoms with Crippen LogP contribution in [0.1, 0.15) is 30.4 Å². The molecule has 2 fully saturated rings. The van der Waals surface area contributed by atoms with E-state index in [4.69, 9.17) is 4.74 Å². The highest BCUT2D eigenvalue weighted by molar-refractivity contribution is 5.81. The van der Waals surface area contributed by atoms with E-state index in [0.29, 0.717) is 19.1 Å². The molecule has 2 aromatic carbocycles. The number of hydrogen-bond donors (Lipinski definition) is 0. The lowest BCUT2D eigenvalue weighted by Gasteiger charge is -2.33. The summed E-state index contributed by atoms with van der Waals surface area (Å²) in [5.41, 5.74) is 1.86. The van der Waals surface area contributed by atoms with E-state index in [1.54, 1.807) is 0 Å². The molecule has 2 aromatic rings. The summed E-state index contributed by atoms with van der Waals surface area (Å²) in [7, 11) is 0. The summed E-state index contributed by atoms with van der Waals surface area (Å²) >= 11 is 0. The van der Waals surface area contributed by atoms with Crippen LogP contribution in [0.3, 0.4) is 0 Å². The molecule has 0 bridgehead atoms. The Labute approximate surface area is 143 Å². The monoisotopic (exact) mass is 321 g/mol. The number of carbonyl (C=O) groups is 1. The van der Waals surface area contributed by atoms with Gasteiger partial charge in [-0.3, -0.25) is 4.79 Å². The third-order valence-electron chi connectivity index (χ3n) is 5.16. The Kier molecular flexibility index (Phi) is 4.11. The van der Waals surface area contributed by atoms with Gasteiger partial charge in [0.15, 0.2) is 0 Å². The quantitative estimate of drug-likeness (QED) is 0.864. The average Bonchev–Trinajstić information content (AvgIpc) is 3.49. The summed E-state index contributed by atoms with van der Waals surface area (Å²) in [6.07, 6.45) is 2.90. The molecule has 1 amide bonds. The highest BCUT2D eigenvalue weighted by Crippen LogP contribution is 2.39. The maximum absolute atomic E-state index is 12.5. The second-order valence-corrected chi connectivity index (χ2v) is 6.76. The summed E-state index contributed by atoms with van der Waals surface area (Å²) in [5.74, 6) is 0.585. The zero-order valence-corrected chi connectivity index (χ0v) is 13.9. The third kappa shape index (κ3) is 2.84. The molecule has 1 aliphatic carbocycles. The van der Waals surface area contributed by atoms with Crippen LogP contribution in [0, 0.1) is 5.92 Å². The number of amides is 1. The van der Waals surface area contributed by atoms with Crippen LogP contribution in [0.5, 0.6) is 0 Å². The van der Waals surface area contributed by atoms with Crippen LogP contribution in [0.25, 0.3) is 0 Å². The lowest BCUT2D eigenvalue weighted by atomic mass is 9.83. The van der Waals surface area contributed by atoms with Crippen molar-refractivity contribution in [1.82, 2.24) is 4.90 Å². The van der Waals surface area contributed by atoms with E-state index in [9.17, 15) is 4.79 Å². The van der Waals surface area contributed by atoms with Crippen LogP contribution in [0.15, 0.2) is 60.7 Å². The minimum Gasteiger partial charge on any atom is -0.364 e. The van der Waals surface area contributed by atoms with Crippen molar-refractivity contribution in [3.8, 4) is 0 Å². The number of rotatable bonds is 3. The van der Waals surface area contributed by atoms with Crippen molar-refractivity contribution in [3.05, 3.63) is 71.8 Å². The average molecular weight is 321 g/mol. The smallest absolute Gasteiger partial charge is 0.225 e. The van der Waals surface area contributed by atoms with E-state index < -0.39 is 5.60 Å². The fourth-order valence-corrected chi connectivity index (χ4v) is 3.65. The predicted octanol–water partition coefficient (Wildman–Crippen LogP) is 3.59. The standard InChI is InChI=1S/C21H23NO2/c23-20(17-11-12-17)22-14-13-21(24-16-15-22,18-7-3-1-4-8-18)19-9-5-2-6-10-19/h1-10,17H,11-16H2. The van der Waals surface area contributed by atoms with Crippen LogP contribution in [0.4, 0.5) is 0 Å². The van der Waals surface area contributed by atoms with Crippen molar-refractivity contribution in [2.45, 2.75) is 24.9 Å². The normalized spacial score (nSPS) is 20.4. The Bertz CT molecular complexity index is 655. The predicted molar refractivity (Wildman–Crippen MR) is 93.5 cm³/mol. The zero-order chi connectivity index (χ0) is 16.4. The molecular weight excluding hydrogens is 298 g/mol. The first-order valence-electron chi connectivity index (χ1n) is 8.83. The van der Waals surface area contributed by atoms with Crippen LogP contribution < -0.4 is 0 Å². The van der Waals surface area contributed by atoms with Crippen molar-refractivity contribution in [2.24, 2.45) is 5.92 Å². The Hall–Kier alpha value is -2.13. The maximum Gasteiger partial charge on any atom is 0.225 e. The van der Waals surface area contributed by atoms with Gasteiger partial charge < -0.3 is 9.64 Å². The zero-order valence-electron chi connectivity index (χ0n) is 13.9. The number of benzene rings is 2. The molecule has 124 valence electrons. The van der Waals surface area contributed by atoms with Crippen LogP contribution in [-0.2, 0) is 15.1 Å². The fourth-order valence-electron chi connectivity index (χ4n) is 3.65. The van der Waals surface area contributed by atoms with Gasteiger partial charge in [-0.1, -0.05) is 60.7 Å². The van der Waals surface area contributed by atoms with E-state index in [1.165, 1.54) is 0 Å². The molecule has 0 unspecified atom stereocenters. The van der Waals surface area contributed by atoms with E-state index in [2.05, 4.69) is 48.5 Å². The van der Waals surface area contributed by atoms with Crippen LogP contribution >= 0.6 is 0 Å². The Balaban J connectivity index is 1.68. The number of hydrogen-bond acceptors (Lipinski definition) is 2. The van der Waals surface area contributed by atoms with Crippen molar-refractivity contribution in [2.75, 3.05) is 19.7 Å². The lowest BCUT2D eigenvalue weighted by molar-refractivity contribution is -0.132. The van der Waals surface area contributed by atoms with Crippen LogP contribution in [0.2, 0.25) is 0 Å². The van der Waals surface area contributed by atoms with Gasteiger partial charge in [-0.25, -0.2) is 0 Å². The molecule has 1 aliphatic heterocycles. The molecule has 24 heavy (non-hydrogen) atoms. The Morgan fingerprint density at radius 3 is 2.04 bits per heavy atom. The largest absolute Gasteiger partial charge is 0.364 e. The summed E-state index contributed by atoms with van der Waals surface area (Å²) in [6.45, 7) is 2.01. The second-order valence-electron chi connectivity index (χ2n) is 6.76. The summed E-state index contributed by atoms with van der Waals surface area (Å²) < 4.78 is 6.45. The molecule has 1 saturated heterocycles. The number of nitrogens with zero attached hydrogens (tertiary/aromatic N) is 1. The van der Waals surface area contributed by atoms with Gasteiger partial charge in [-0.05, 0) is 24.0 Å². The molecule has 0 aromatic heterocycles. The van der Waals surface area contributed by atoms with E-state index in [1.807, 2.05) is 17.0 Å². The molecule has 3 heteroatoms. The maximum atomic E-state index is 12.5. The molecule has 4 rings (SSSR count). The number of ether oxygens (including phenoxy) is 1. The highest BCUT2D eigenvalue weighted by atomic mass is 16.5. The van der Waals surface area contributed by atoms with Gasteiger partial charge in [-0.15, -0.1) is 0 Å². The molecule has 1 heterocycles. The van der Waals surface area contributed by atoms with Gasteiger partial charge in [0, 0.05) is 25.4 Å². The molecule has 0 radical (unpaired) electrons. The van der Waals surface area contributed by atoms with Crippen molar-refractivity contribution in [1.29, 1.82) is 0 Å². The molecule has 3 nitrogen and oxygen atoms in total. The van der Waals surface area contributed by atoms with Crippen molar-refractivity contribution < 1.29 is 9.53 Å². The summed E-state index contributed by atoms with van der Waals surface area (Å²) in [4.78, 5) is 14.5. The van der Waals surface area contributed by atoms with Crippen LogP contribution in [-0.4, -0.2) is 30.5 Å². The Morgan fingerprint density at radius 1 is 0.917 bits per heavy atom. The topological polar surface area (TPSA) is 29.5 Å². The van der Waals surface area contributed by atoms with Crippen molar-refractivity contribution in [3.63, 3.8) is 0 Å². The van der Waals surface area contributed by atoms with Gasteiger partial charge >= 0.3 is 0 Å². The van der Waals surface area contributed by atoms with Gasteiger partial charge in [-0.2, -0.15) is 0 Å². The second kappa shape index (κ2) is 6.40. The molecule has 1 saturated carbocycles. The first kappa shape index (κ1) is 15.4. The first-order valence-corrected chi connectivity index (χ1v) is 8.83. The van der Waals surface area contributed by atoms with Crippen molar-refractivity contribution >= 4 is 5.91 Å². The lowest BCUT2D eigenvalue weighted by Crippen LogP contribution is -2.35. The molecule has 2 aliphatic rings. The highest BCUT2D eigenvalue weighted by Gasteiger charge is 2.40. The van der Waals surface area contributed by atoms with E-state index in [-0.39, 0.29) is 5.92 Å². The minimum atomic E-state index is -0.471. The Morgan fingerprint density at radius 2 is 1.50 bits per heavy atom. The van der Waals surface area contributed by atoms with Gasteiger partial charge in [0.1, 0.15) is 5.60 Å². The third-order valence-corrected chi connectivity index (χ3v) is 5.16. The van der Waals surface area contributed by atoms with Gasteiger partial charge in [0.05, 0.1) is 6.61 Å². The first-order chi connectivity index (χ1) is 11.8. The summed E-state index contributed by atoms with van der Waals surface area (Å²) in [6, 6.07) is 20.8. The van der Waals surface area contributed by atoms with E-state index in [0.717, 1.165) is 36.9 Å². The molecule has 0 atom stereocenters. The molecule has 0 N–H and O–H groups in total. The van der Waals surface area contributed by atoms with Gasteiger partial charge in [0.2, 0.25) is 5.91 Å². The van der Waals surface area contributed by atoms with E-state index >= 15 is 0 Å². The van der Waals surface area contributed by atoms with Gasteiger partial charge in [0.25, 0.3) is 0 Å². The molecule has 0 spiro atoms.